The molecule has 61 heavy (non-hydrogen) atoms. The van der Waals surface area contributed by atoms with E-state index in [9.17, 15) is 0 Å². The molecular formula is C58H67N3. The Balaban J connectivity index is 1.37. The molecule has 0 saturated heterocycles. The zero-order valence-electron chi connectivity index (χ0n) is 39.1. The van der Waals surface area contributed by atoms with Crippen molar-refractivity contribution in [2.45, 2.75) is 95.9 Å². The lowest BCUT2D eigenvalue weighted by atomic mass is 9.82. The fourth-order valence-corrected chi connectivity index (χ4v) is 10.0. The minimum absolute atomic E-state index is 0.00712. The molecule has 3 nitrogen and oxygen atoms in total. The van der Waals surface area contributed by atoms with Gasteiger partial charge in [-0.15, -0.1) is 0 Å². The number of nitrogens with zero attached hydrogens (tertiary/aromatic N) is 2. The second kappa shape index (κ2) is 18.0. The van der Waals surface area contributed by atoms with Crippen LogP contribution in [0.3, 0.4) is 0 Å². The molecule has 0 fully saturated rings. The van der Waals surface area contributed by atoms with Crippen LogP contribution in [0.1, 0.15) is 100 Å². The van der Waals surface area contributed by atoms with Gasteiger partial charge in [-0.2, -0.15) is 0 Å². The molecule has 0 aliphatic rings. The van der Waals surface area contributed by atoms with Crippen molar-refractivity contribution in [2.75, 3.05) is 28.2 Å². The van der Waals surface area contributed by atoms with Crippen LogP contribution in [-0.2, 0) is 0 Å². The summed E-state index contributed by atoms with van der Waals surface area (Å²) in [5, 5.41) is 6.35. The van der Waals surface area contributed by atoms with E-state index < -0.39 is 0 Å². The van der Waals surface area contributed by atoms with Gasteiger partial charge in [0.1, 0.15) is 0 Å². The quantitative estimate of drug-likeness (QED) is 0.117. The number of benzene rings is 7. The summed E-state index contributed by atoms with van der Waals surface area (Å²) >= 11 is 0. The Morgan fingerprint density at radius 1 is 0.426 bits per heavy atom. The van der Waals surface area contributed by atoms with Crippen molar-refractivity contribution in [2.24, 2.45) is 11.8 Å². The van der Waals surface area contributed by atoms with Gasteiger partial charge in [0.2, 0.25) is 0 Å². The molecule has 0 radical (unpaired) electrons. The van der Waals surface area contributed by atoms with Gasteiger partial charge in [-0.25, -0.2) is 0 Å². The van der Waals surface area contributed by atoms with Crippen LogP contribution < -0.4 is 15.1 Å². The average molecular weight is 806 g/mol. The normalized spacial score (nSPS) is 11.6. The number of hydrogen-bond acceptors (Lipinski definition) is 3. The van der Waals surface area contributed by atoms with Crippen molar-refractivity contribution < 1.29 is 0 Å². The van der Waals surface area contributed by atoms with Gasteiger partial charge in [-0.1, -0.05) is 135 Å². The van der Waals surface area contributed by atoms with Gasteiger partial charge in [0.25, 0.3) is 0 Å². The summed E-state index contributed by atoms with van der Waals surface area (Å²) in [5.41, 5.74) is 22.9. The first-order chi connectivity index (χ1) is 29.1. The maximum absolute atomic E-state index is 3.87. The maximum Gasteiger partial charge on any atom is 0.0470 e. The van der Waals surface area contributed by atoms with Crippen LogP contribution in [0.2, 0.25) is 0 Å². The molecule has 7 aromatic carbocycles. The lowest BCUT2D eigenvalue weighted by Gasteiger charge is -2.31. The first-order valence-electron chi connectivity index (χ1n) is 22.4. The molecule has 0 amide bonds. The Hall–Kier alpha value is -5.80. The highest BCUT2D eigenvalue weighted by molar-refractivity contribution is 5.98. The van der Waals surface area contributed by atoms with Gasteiger partial charge in [0, 0.05) is 58.5 Å². The molecule has 314 valence electrons. The van der Waals surface area contributed by atoms with Crippen LogP contribution in [0.4, 0.5) is 34.1 Å². The predicted octanol–water partition coefficient (Wildman–Crippen LogP) is 16.1. The number of hydrogen-bond donors (Lipinski definition) is 1. The lowest BCUT2D eigenvalue weighted by Crippen LogP contribution is -2.24. The summed E-state index contributed by atoms with van der Waals surface area (Å²) in [6.07, 6.45) is 0. The molecule has 0 heterocycles. The summed E-state index contributed by atoms with van der Waals surface area (Å²) in [6.45, 7) is 31.1. The molecule has 0 spiro atoms. The van der Waals surface area contributed by atoms with Crippen molar-refractivity contribution in [1.29, 1.82) is 0 Å². The summed E-state index contributed by atoms with van der Waals surface area (Å²) < 4.78 is 0. The first kappa shape index (κ1) is 43.3. The molecule has 7 rings (SSSR count). The molecule has 0 bridgehead atoms. The van der Waals surface area contributed by atoms with Gasteiger partial charge in [-0.3, -0.25) is 0 Å². The summed E-state index contributed by atoms with van der Waals surface area (Å²) in [5.74, 6) is 1.01. The van der Waals surface area contributed by atoms with Crippen molar-refractivity contribution in [3.8, 4) is 0 Å². The highest BCUT2D eigenvalue weighted by atomic mass is 15.1. The fourth-order valence-electron chi connectivity index (χ4n) is 10.0. The molecule has 7 aromatic rings. The highest BCUT2D eigenvalue weighted by Gasteiger charge is 2.24. The molecule has 3 heteroatoms. The van der Waals surface area contributed by atoms with E-state index in [2.05, 4.69) is 226 Å². The van der Waals surface area contributed by atoms with Crippen LogP contribution in [0.5, 0.6) is 0 Å². The smallest absolute Gasteiger partial charge is 0.0470 e. The van der Waals surface area contributed by atoms with Crippen LogP contribution in [0.15, 0.2) is 121 Å². The van der Waals surface area contributed by atoms with Crippen LogP contribution in [-0.4, -0.2) is 13.1 Å². The first-order valence-corrected chi connectivity index (χ1v) is 22.4. The van der Waals surface area contributed by atoms with E-state index in [-0.39, 0.29) is 5.92 Å². The average Bonchev–Trinajstić information content (AvgIpc) is 3.18. The van der Waals surface area contributed by atoms with Crippen LogP contribution in [0, 0.1) is 74.1 Å². The summed E-state index contributed by atoms with van der Waals surface area (Å²) in [6, 6.07) is 46.3. The Morgan fingerprint density at radius 3 is 1.20 bits per heavy atom. The third kappa shape index (κ3) is 9.27. The van der Waals surface area contributed by atoms with Gasteiger partial charge in [0.15, 0.2) is 0 Å². The molecule has 0 aliphatic heterocycles. The standard InChI is InChI=1S/C58H67N3/c1-36(2)34-60(57-43(10)30-39(6)31-44(57)11)49-22-18-47(19-23-49)55(48-20-24-50(25-21-48)61(35-37(3)4)58-45(12)32-40(7)33-46(58)13)53-26-27-54(52-17-15-14-16-51(52)53)59-56-41(8)28-38(5)29-42(56)9/h14-33,36-37,55,59H,34-35H2,1-13H3. The number of nitrogens with one attached hydrogen (secondary N) is 1. The van der Waals surface area contributed by atoms with E-state index in [1.807, 2.05) is 0 Å². The zero-order valence-corrected chi connectivity index (χ0v) is 39.1. The Kier molecular flexibility index (Phi) is 12.8. The fraction of sp³-hybridized carbons (Fsp3) is 0.310. The van der Waals surface area contributed by atoms with Crippen LogP contribution in [0.25, 0.3) is 10.8 Å². The Bertz CT molecular complexity index is 2480. The Labute approximate surface area is 367 Å². The summed E-state index contributed by atoms with van der Waals surface area (Å²) in [4.78, 5) is 5.07. The molecule has 0 aliphatic carbocycles. The van der Waals surface area contributed by atoms with Gasteiger partial charge >= 0.3 is 0 Å². The topological polar surface area (TPSA) is 18.5 Å². The number of anilines is 6. The van der Waals surface area contributed by atoms with E-state index in [1.165, 1.54) is 106 Å². The van der Waals surface area contributed by atoms with Crippen molar-refractivity contribution in [3.63, 3.8) is 0 Å². The van der Waals surface area contributed by atoms with E-state index in [1.54, 1.807) is 0 Å². The van der Waals surface area contributed by atoms with E-state index in [0.29, 0.717) is 11.8 Å². The molecular weight excluding hydrogens is 739 g/mol. The second-order valence-electron chi connectivity index (χ2n) is 18.8. The maximum atomic E-state index is 3.87. The lowest BCUT2D eigenvalue weighted by molar-refractivity contribution is 0.650. The third-order valence-electron chi connectivity index (χ3n) is 12.2. The molecule has 1 N–H and O–H groups in total. The van der Waals surface area contributed by atoms with Crippen molar-refractivity contribution >= 4 is 44.9 Å². The molecule has 0 unspecified atom stereocenters. The monoisotopic (exact) mass is 806 g/mol. The SMILES string of the molecule is Cc1cc(C)c(Nc2ccc(C(c3ccc(N(CC(C)C)c4c(C)cc(C)cc4C)cc3)c3ccc(N(CC(C)C)c4c(C)cc(C)cc4C)cc3)c3ccccc23)c(C)c1. The van der Waals surface area contributed by atoms with E-state index >= 15 is 0 Å². The largest absolute Gasteiger partial charge is 0.355 e. The highest BCUT2D eigenvalue weighted by Crippen LogP contribution is 2.43. The van der Waals surface area contributed by atoms with Crippen LogP contribution >= 0.6 is 0 Å². The van der Waals surface area contributed by atoms with Gasteiger partial charge < -0.3 is 15.1 Å². The van der Waals surface area contributed by atoms with Crippen molar-refractivity contribution in [3.05, 3.63) is 188 Å². The zero-order chi connectivity index (χ0) is 43.7. The molecule has 0 saturated carbocycles. The number of rotatable bonds is 13. The number of fused-ring (bicyclic) bond motifs is 1. The third-order valence-corrected chi connectivity index (χ3v) is 12.2. The van der Waals surface area contributed by atoms with Gasteiger partial charge in [-0.05, 0) is 160 Å². The van der Waals surface area contributed by atoms with Crippen molar-refractivity contribution in [1.82, 2.24) is 0 Å². The summed E-state index contributed by atoms with van der Waals surface area (Å²) in [7, 11) is 0. The molecule has 0 atom stereocenters. The minimum Gasteiger partial charge on any atom is -0.355 e. The van der Waals surface area contributed by atoms with Gasteiger partial charge in [0.05, 0.1) is 0 Å². The Morgan fingerprint density at radius 2 is 0.803 bits per heavy atom. The minimum atomic E-state index is 0.00712. The van der Waals surface area contributed by atoms with E-state index in [4.69, 9.17) is 0 Å². The number of aryl methyl sites for hydroxylation is 9. The van der Waals surface area contributed by atoms with E-state index in [0.717, 1.165) is 18.8 Å². The predicted molar refractivity (Wildman–Crippen MR) is 267 cm³/mol. The molecule has 0 aromatic heterocycles. The second-order valence-corrected chi connectivity index (χ2v) is 18.8.